The molecule has 0 bridgehead atoms. The quantitative estimate of drug-likeness (QED) is 0.848. The van der Waals surface area contributed by atoms with Crippen LogP contribution in [0.4, 0.5) is 0 Å². The van der Waals surface area contributed by atoms with Gasteiger partial charge < -0.3 is 9.67 Å². The van der Waals surface area contributed by atoms with Crippen molar-refractivity contribution in [2.75, 3.05) is 0 Å². The second kappa shape index (κ2) is 3.09. The third kappa shape index (κ3) is 1.29. The smallest absolute Gasteiger partial charge is 0.336 e. The summed E-state index contributed by atoms with van der Waals surface area (Å²) in [5.41, 5.74) is 1.84. The van der Waals surface area contributed by atoms with Crippen molar-refractivity contribution >= 4 is 32.9 Å². The molecule has 2 rings (SSSR count). The number of rotatable bonds is 1. The second-order valence-corrected chi connectivity index (χ2v) is 3.84. The molecular weight excluding hydrogens is 248 g/mol. The van der Waals surface area contributed by atoms with Crippen LogP contribution in [0.5, 0.6) is 0 Å². The highest BCUT2D eigenvalue weighted by molar-refractivity contribution is 9.10. The Morgan fingerprint density at radius 3 is 2.93 bits per heavy atom. The lowest BCUT2D eigenvalue weighted by molar-refractivity contribution is 0.0696. The molecule has 0 atom stereocenters. The zero-order valence-corrected chi connectivity index (χ0v) is 8.95. The Bertz CT molecular complexity index is 519. The van der Waals surface area contributed by atoms with Crippen molar-refractivity contribution in [3.63, 3.8) is 0 Å². The first-order valence-corrected chi connectivity index (χ1v) is 4.73. The van der Waals surface area contributed by atoms with Crippen LogP contribution in [-0.2, 0) is 7.05 Å². The molecule has 0 unspecified atom stereocenters. The number of aromatic nitrogens is 2. The number of aromatic carboxylic acids is 1. The number of imidazole rings is 1. The summed E-state index contributed by atoms with van der Waals surface area (Å²) < 4.78 is 2.34. The molecule has 72 valence electrons. The van der Waals surface area contributed by atoms with Gasteiger partial charge in [-0.2, -0.15) is 0 Å². The third-order valence-electron chi connectivity index (χ3n) is 2.04. The van der Waals surface area contributed by atoms with Gasteiger partial charge in [0.15, 0.2) is 0 Å². The number of halogens is 1. The van der Waals surface area contributed by atoms with Crippen LogP contribution in [-0.4, -0.2) is 20.6 Å². The van der Waals surface area contributed by atoms with Crippen molar-refractivity contribution in [1.82, 2.24) is 9.55 Å². The summed E-state index contributed by atoms with van der Waals surface area (Å²) in [5, 5.41) is 8.89. The second-order valence-electron chi connectivity index (χ2n) is 2.98. The van der Waals surface area contributed by atoms with Gasteiger partial charge in [0.25, 0.3) is 0 Å². The van der Waals surface area contributed by atoms with Crippen molar-refractivity contribution in [1.29, 1.82) is 0 Å². The minimum Gasteiger partial charge on any atom is -0.478 e. The van der Waals surface area contributed by atoms with E-state index in [9.17, 15) is 4.79 Å². The number of hydrogen-bond acceptors (Lipinski definition) is 2. The number of carboxylic acids is 1. The summed E-state index contributed by atoms with van der Waals surface area (Å²) in [6, 6.07) is 3.31. The third-order valence-corrected chi connectivity index (χ3v) is 2.70. The molecule has 14 heavy (non-hydrogen) atoms. The molecule has 1 N–H and O–H groups in total. The molecule has 1 heterocycles. The Labute approximate surface area is 88.3 Å². The van der Waals surface area contributed by atoms with Crippen molar-refractivity contribution in [2.45, 2.75) is 0 Å². The molecule has 0 aliphatic heterocycles. The van der Waals surface area contributed by atoms with Gasteiger partial charge in [-0.1, -0.05) is 0 Å². The normalized spacial score (nSPS) is 10.7. The summed E-state index contributed by atoms with van der Waals surface area (Å²) in [5.74, 6) is -0.944. The number of carboxylic acid groups (broad SMARTS) is 1. The van der Waals surface area contributed by atoms with E-state index in [0.717, 1.165) is 11.0 Å². The highest BCUT2D eigenvalue weighted by Crippen LogP contribution is 2.23. The maximum atomic E-state index is 10.8. The highest BCUT2D eigenvalue weighted by Gasteiger charge is 2.11. The first-order chi connectivity index (χ1) is 6.59. The molecule has 0 spiro atoms. The molecular formula is C9H7BrN2O2. The van der Waals surface area contributed by atoms with Gasteiger partial charge in [-0.05, 0) is 28.1 Å². The average molecular weight is 255 g/mol. The Kier molecular flexibility index (Phi) is 2.03. The van der Waals surface area contributed by atoms with Crippen molar-refractivity contribution in [2.24, 2.45) is 7.05 Å². The topological polar surface area (TPSA) is 55.1 Å². The van der Waals surface area contributed by atoms with Gasteiger partial charge in [-0.15, -0.1) is 0 Å². The lowest BCUT2D eigenvalue weighted by Gasteiger charge is -2.00. The van der Waals surface area contributed by atoms with Gasteiger partial charge in [-0.3, -0.25) is 0 Å². The lowest BCUT2D eigenvalue weighted by Crippen LogP contribution is -1.98. The molecule has 0 saturated heterocycles. The van der Waals surface area contributed by atoms with E-state index in [1.807, 2.05) is 7.05 Å². The zero-order chi connectivity index (χ0) is 10.3. The molecule has 0 fully saturated rings. The molecule has 0 saturated carbocycles. The van der Waals surface area contributed by atoms with Crippen molar-refractivity contribution in [3.8, 4) is 0 Å². The van der Waals surface area contributed by atoms with E-state index in [1.54, 1.807) is 23.0 Å². The monoisotopic (exact) mass is 254 g/mol. The average Bonchev–Trinajstić information content (AvgIpc) is 2.46. The largest absolute Gasteiger partial charge is 0.478 e. The Morgan fingerprint density at radius 1 is 1.57 bits per heavy atom. The molecule has 4 nitrogen and oxygen atoms in total. The summed E-state index contributed by atoms with van der Waals surface area (Å²) in [6.07, 6.45) is 1.66. The number of hydrogen-bond donors (Lipinski definition) is 1. The Hall–Kier alpha value is -1.36. The first-order valence-electron chi connectivity index (χ1n) is 3.93. The predicted molar refractivity (Wildman–Crippen MR) is 55.4 cm³/mol. The van der Waals surface area contributed by atoms with Crippen LogP contribution in [0, 0.1) is 0 Å². The number of fused-ring (bicyclic) bond motifs is 1. The molecule has 0 aliphatic rings. The fourth-order valence-corrected chi connectivity index (χ4v) is 1.81. The van der Waals surface area contributed by atoms with E-state index in [1.165, 1.54) is 0 Å². The Balaban J connectivity index is 2.80. The van der Waals surface area contributed by atoms with Crippen LogP contribution in [0.15, 0.2) is 22.9 Å². The highest BCUT2D eigenvalue weighted by atomic mass is 79.9. The summed E-state index contributed by atoms with van der Waals surface area (Å²) in [6.45, 7) is 0. The molecule has 0 aliphatic carbocycles. The number of nitrogens with zero attached hydrogens (tertiary/aromatic N) is 2. The van der Waals surface area contributed by atoms with E-state index < -0.39 is 5.97 Å². The van der Waals surface area contributed by atoms with Crippen LogP contribution in [0.25, 0.3) is 11.0 Å². The van der Waals surface area contributed by atoms with Crippen LogP contribution in [0.1, 0.15) is 10.4 Å². The van der Waals surface area contributed by atoms with Crippen LogP contribution < -0.4 is 0 Å². The zero-order valence-electron chi connectivity index (χ0n) is 7.36. The molecule has 0 radical (unpaired) electrons. The van der Waals surface area contributed by atoms with E-state index in [-0.39, 0.29) is 5.56 Å². The fourth-order valence-electron chi connectivity index (χ4n) is 1.31. The standard InChI is InChI=1S/C9H7BrN2O2/c1-12-4-11-7-3-6(10)5(9(13)14)2-8(7)12/h2-4H,1H3,(H,13,14). The maximum absolute atomic E-state index is 10.8. The first kappa shape index (κ1) is 9.21. The molecule has 1 aromatic heterocycles. The van der Waals surface area contributed by atoms with Crippen molar-refractivity contribution < 1.29 is 9.90 Å². The van der Waals surface area contributed by atoms with E-state index in [2.05, 4.69) is 20.9 Å². The van der Waals surface area contributed by atoms with Crippen LogP contribution in [0.2, 0.25) is 0 Å². The Morgan fingerprint density at radius 2 is 2.29 bits per heavy atom. The van der Waals surface area contributed by atoms with Crippen LogP contribution >= 0.6 is 15.9 Å². The van der Waals surface area contributed by atoms with Gasteiger partial charge in [0.1, 0.15) is 0 Å². The van der Waals surface area contributed by atoms with Crippen LogP contribution in [0.3, 0.4) is 0 Å². The van der Waals surface area contributed by atoms with E-state index in [4.69, 9.17) is 5.11 Å². The number of carbonyl (C=O) groups is 1. The van der Waals surface area contributed by atoms with Gasteiger partial charge in [-0.25, -0.2) is 9.78 Å². The SMILES string of the molecule is Cn1cnc2cc(Br)c(C(=O)O)cc21. The number of benzene rings is 1. The van der Waals surface area contributed by atoms with E-state index in [0.29, 0.717) is 4.47 Å². The van der Waals surface area contributed by atoms with Crippen molar-refractivity contribution in [3.05, 3.63) is 28.5 Å². The van der Waals surface area contributed by atoms with Gasteiger partial charge >= 0.3 is 5.97 Å². The molecule has 1 aromatic carbocycles. The summed E-state index contributed by atoms with van der Waals surface area (Å²) in [7, 11) is 1.83. The van der Waals surface area contributed by atoms with Gasteiger partial charge in [0, 0.05) is 11.5 Å². The summed E-state index contributed by atoms with van der Waals surface area (Å²) in [4.78, 5) is 15.0. The lowest BCUT2D eigenvalue weighted by atomic mass is 10.2. The molecule has 2 aromatic rings. The minimum atomic E-state index is -0.944. The predicted octanol–water partition coefficient (Wildman–Crippen LogP) is 2.03. The van der Waals surface area contributed by atoms with Gasteiger partial charge in [0.2, 0.25) is 0 Å². The maximum Gasteiger partial charge on any atom is 0.336 e. The molecule has 5 heteroatoms. The minimum absolute atomic E-state index is 0.251. The summed E-state index contributed by atoms with van der Waals surface area (Å²) >= 11 is 3.20. The fraction of sp³-hybridized carbons (Fsp3) is 0.111. The number of aryl methyl sites for hydroxylation is 1. The molecule has 0 amide bonds. The van der Waals surface area contributed by atoms with E-state index >= 15 is 0 Å². The van der Waals surface area contributed by atoms with Gasteiger partial charge in [0.05, 0.1) is 22.9 Å².